The number of hydrogen-bond acceptors (Lipinski definition) is 4. The summed E-state index contributed by atoms with van der Waals surface area (Å²) in [5, 5.41) is 11.1. The van der Waals surface area contributed by atoms with Crippen molar-refractivity contribution in [2.24, 2.45) is 5.92 Å². The lowest BCUT2D eigenvalue weighted by Crippen LogP contribution is -2.37. The first-order valence-corrected chi connectivity index (χ1v) is 11.0. The number of hydrogen-bond donors (Lipinski definition) is 2. The lowest BCUT2D eigenvalue weighted by molar-refractivity contribution is -0.124. The second-order valence-corrected chi connectivity index (χ2v) is 8.37. The fourth-order valence-corrected chi connectivity index (χ4v) is 4.13. The van der Waals surface area contributed by atoms with Gasteiger partial charge in [0.05, 0.1) is 22.8 Å². The molecule has 0 aliphatic heterocycles. The summed E-state index contributed by atoms with van der Waals surface area (Å²) in [4.78, 5) is 30.0. The van der Waals surface area contributed by atoms with Crippen LogP contribution in [0.25, 0.3) is 22.3 Å². The zero-order valence-electron chi connectivity index (χ0n) is 18.1. The van der Waals surface area contributed by atoms with Crippen LogP contribution in [0.5, 0.6) is 0 Å². The molecule has 0 spiro atoms. The Morgan fingerprint density at radius 2 is 1.81 bits per heavy atom. The molecule has 2 aromatic heterocycles. The quantitative estimate of drug-likeness (QED) is 0.571. The van der Waals surface area contributed by atoms with Gasteiger partial charge in [-0.1, -0.05) is 43.2 Å². The molecule has 3 aromatic rings. The number of aromatic nitrogens is 3. The van der Waals surface area contributed by atoms with Crippen LogP contribution in [0.15, 0.2) is 42.6 Å². The maximum Gasteiger partial charge on any atom is 0.252 e. The van der Waals surface area contributed by atoms with E-state index in [2.05, 4.69) is 15.7 Å². The standard InChI is InChI=1S/C24H29N5O2/c1-16(2)29-22-20(15-27-29)19(14-21(28-22)17-8-4-3-5-9-17)24(31)26-13-12-25-23(30)18-10-6-7-11-18/h3-5,8-9,14-16,18H,6-7,10-13H2,1-2H3,(H,25,30)(H,26,31). The minimum Gasteiger partial charge on any atom is -0.354 e. The van der Waals surface area contributed by atoms with E-state index in [0.717, 1.165) is 42.3 Å². The van der Waals surface area contributed by atoms with Crippen molar-refractivity contribution in [3.05, 3.63) is 48.2 Å². The van der Waals surface area contributed by atoms with E-state index in [1.54, 1.807) is 6.20 Å². The summed E-state index contributed by atoms with van der Waals surface area (Å²) >= 11 is 0. The van der Waals surface area contributed by atoms with Crippen molar-refractivity contribution in [2.75, 3.05) is 13.1 Å². The lowest BCUT2D eigenvalue weighted by atomic mass is 10.1. The Morgan fingerprint density at radius 1 is 1.10 bits per heavy atom. The molecule has 0 saturated heterocycles. The molecule has 0 atom stereocenters. The Morgan fingerprint density at radius 3 is 2.52 bits per heavy atom. The Labute approximate surface area is 182 Å². The molecule has 7 nitrogen and oxygen atoms in total. The highest BCUT2D eigenvalue weighted by molar-refractivity contribution is 6.06. The molecule has 31 heavy (non-hydrogen) atoms. The van der Waals surface area contributed by atoms with E-state index in [0.29, 0.717) is 24.3 Å². The SMILES string of the molecule is CC(C)n1ncc2c(C(=O)NCCNC(=O)C3CCCC3)cc(-c3ccccc3)nc21. The molecule has 1 saturated carbocycles. The van der Waals surface area contributed by atoms with Gasteiger partial charge in [-0.15, -0.1) is 0 Å². The predicted octanol–water partition coefficient (Wildman–Crippen LogP) is 3.72. The van der Waals surface area contributed by atoms with E-state index in [9.17, 15) is 9.59 Å². The maximum absolute atomic E-state index is 13.0. The van der Waals surface area contributed by atoms with Crippen molar-refractivity contribution < 1.29 is 9.59 Å². The zero-order chi connectivity index (χ0) is 21.8. The van der Waals surface area contributed by atoms with Gasteiger partial charge >= 0.3 is 0 Å². The summed E-state index contributed by atoms with van der Waals surface area (Å²) in [6, 6.07) is 11.7. The van der Waals surface area contributed by atoms with Crippen LogP contribution in [0.3, 0.4) is 0 Å². The van der Waals surface area contributed by atoms with Gasteiger partial charge in [-0.25, -0.2) is 9.67 Å². The number of nitrogens with zero attached hydrogens (tertiary/aromatic N) is 3. The van der Waals surface area contributed by atoms with Crippen molar-refractivity contribution >= 4 is 22.8 Å². The van der Waals surface area contributed by atoms with Crippen LogP contribution in [-0.4, -0.2) is 39.7 Å². The van der Waals surface area contributed by atoms with Gasteiger partial charge in [0.25, 0.3) is 5.91 Å². The van der Waals surface area contributed by atoms with Crippen molar-refractivity contribution in [1.29, 1.82) is 0 Å². The molecule has 162 valence electrons. The fourth-order valence-electron chi connectivity index (χ4n) is 4.13. The molecule has 2 amide bonds. The van der Waals surface area contributed by atoms with Gasteiger partial charge in [0, 0.05) is 30.6 Å². The normalized spacial score (nSPS) is 14.3. The third-order valence-corrected chi connectivity index (χ3v) is 5.81. The topological polar surface area (TPSA) is 88.9 Å². The highest BCUT2D eigenvalue weighted by Crippen LogP contribution is 2.26. The number of carbonyl (C=O) groups is 2. The Balaban J connectivity index is 1.52. The molecule has 2 N–H and O–H groups in total. The number of fused-ring (bicyclic) bond motifs is 1. The molecule has 1 aliphatic rings. The third kappa shape index (κ3) is 4.60. The Bertz CT molecular complexity index is 1070. The van der Waals surface area contributed by atoms with Crippen molar-refractivity contribution in [3.8, 4) is 11.3 Å². The number of carbonyl (C=O) groups excluding carboxylic acids is 2. The van der Waals surface area contributed by atoms with E-state index in [1.807, 2.05) is 54.9 Å². The molecular weight excluding hydrogens is 390 g/mol. The van der Waals surface area contributed by atoms with Crippen LogP contribution in [0.2, 0.25) is 0 Å². The number of rotatable bonds is 7. The molecule has 2 heterocycles. The van der Waals surface area contributed by atoms with E-state index >= 15 is 0 Å². The minimum absolute atomic E-state index is 0.0997. The van der Waals surface area contributed by atoms with E-state index in [4.69, 9.17) is 4.98 Å². The second-order valence-electron chi connectivity index (χ2n) is 8.37. The fraction of sp³-hybridized carbons (Fsp3) is 0.417. The highest BCUT2D eigenvalue weighted by Gasteiger charge is 2.22. The smallest absolute Gasteiger partial charge is 0.252 e. The summed E-state index contributed by atoms with van der Waals surface area (Å²) in [5.41, 5.74) is 2.91. The molecule has 0 bridgehead atoms. The van der Waals surface area contributed by atoms with Crippen LogP contribution in [0.1, 0.15) is 55.9 Å². The second kappa shape index (κ2) is 9.29. The van der Waals surface area contributed by atoms with Crippen LogP contribution < -0.4 is 10.6 Å². The molecular formula is C24H29N5O2. The molecule has 1 aliphatic carbocycles. The van der Waals surface area contributed by atoms with Gasteiger partial charge in [-0.3, -0.25) is 9.59 Å². The number of amides is 2. The molecule has 0 unspecified atom stereocenters. The van der Waals surface area contributed by atoms with Gasteiger partial charge in [0.15, 0.2) is 5.65 Å². The summed E-state index contributed by atoms with van der Waals surface area (Å²) in [6.45, 7) is 4.87. The average Bonchev–Trinajstić information content (AvgIpc) is 3.46. The molecule has 1 aromatic carbocycles. The van der Waals surface area contributed by atoms with Crippen LogP contribution in [-0.2, 0) is 4.79 Å². The van der Waals surface area contributed by atoms with Gasteiger partial charge in [0.2, 0.25) is 5.91 Å². The van der Waals surface area contributed by atoms with E-state index in [-0.39, 0.29) is 23.8 Å². The summed E-state index contributed by atoms with van der Waals surface area (Å²) < 4.78 is 1.83. The third-order valence-electron chi connectivity index (χ3n) is 5.81. The number of pyridine rings is 1. The molecule has 0 radical (unpaired) electrons. The van der Waals surface area contributed by atoms with Crippen LogP contribution in [0.4, 0.5) is 0 Å². The summed E-state index contributed by atoms with van der Waals surface area (Å²) in [7, 11) is 0. The van der Waals surface area contributed by atoms with Gasteiger partial charge in [0.1, 0.15) is 0 Å². The van der Waals surface area contributed by atoms with Crippen LogP contribution in [0, 0.1) is 5.92 Å². The zero-order valence-corrected chi connectivity index (χ0v) is 18.1. The van der Waals surface area contributed by atoms with Crippen molar-refractivity contribution in [3.63, 3.8) is 0 Å². The van der Waals surface area contributed by atoms with Gasteiger partial charge in [-0.05, 0) is 32.8 Å². The average molecular weight is 420 g/mol. The predicted molar refractivity (Wildman–Crippen MR) is 121 cm³/mol. The molecule has 7 heteroatoms. The van der Waals surface area contributed by atoms with Gasteiger partial charge < -0.3 is 10.6 Å². The first-order chi connectivity index (χ1) is 15.0. The molecule has 1 fully saturated rings. The monoisotopic (exact) mass is 419 g/mol. The highest BCUT2D eigenvalue weighted by atomic mass is 16.2. The number of benzene rings is 1. The first-order valence-electron chi connectivity index (χ1n) is 11.0. The Kier molecular flexibility index (Phi) is 6.30. The van der Waals surface area contributed by atoms with E-state index in [1.165, 1.54) is 0 Å². The lowest BCUT2D eigenvalue weighted by Gasteiger charge is -2.12. The first kappa shape index (κ1) is 21.0. The summed E-state index contributed by atoms with van der Waals surface area (Å²) in [5.74, 6) is 0.0384. The van der Waals surface area contributed by atoms with Crippen molar-refractivity contribution in [2.45, 2.75) is 45.6 Å². The molecule has 4 rings (SSSR count). The summed E-state index contributed by atoms with van der Waals surface area (Å²) in [6.07, 6.45) is 5.89. The van der Waals surface area contributed by atoms with E-state index < -0.39 is 0 Å². The van der Waals surface area contributed by atoms with Gasteiger partial charge in [-0.2, -0.15) is 5.10 Å². The number of nitrogens with one attached hydrogen (secondary N) is 2. The maximum atomic E-state index is 13.0. The Hall–Kier alpha value is -3.22. The largest absolute Gasteiger partial charge is 0.354 e. The van der Waals surface area contributed by atoms with Crippen LogP contribution >= 0.6 is 0 Å². The minimum atomic E-state index is -0.192. The van der Waals surface area contributed by atoms with Crippen molar-refractivity contribution in [1.82, 2.24) is 25.4 Å².